The van der Waals surface area contributed by atoms with Gasteiger partial charge >= 0.3 is 6.36 Å². The minimum atomic E-state index is -4.76. The Bertz CT molecular complexity index is 1100. The average Bonchev–Trinajstić information content (AvgIpc) is 2.86. The molecule has 2 N–H and O–H groups in total. The fourth-order valence-electron chi connectivity index (χ4n) is 3.20. The van der Waals surface area contributed by atoms with Crippen LogP contribution in [0.25, 0.3) is 11.1 Å². The Kier molecular flexibility index (Phi) is 5.37. The molecule has 4 rings (SSSR count). The number of hydrogen-bond donors (Lipinski definition) is 1. The number of benzene rings is 2. The van der Waals surface area contributed by atoms with E-state index in [2.05, 4.69) is 14.7 Å². The fraction of sp³-hybridized carbons (Fsp3) is 0.190. The van der Waals surface area contributed by atoms with Gasteiger partial charge < -0.3 is 20.1 Å². The highest BCUT2D eigenvalue weighted by Crippen LogP contribution is 2.31. The van der Waals surface area contributed by atoms with Gasteiger partial charge in [0.05, 0.1) is 18.7 Å². The normalized spacial score (nSPS) is 13.9. The van der Waals surface area contributed by atoms with Crippen LogP contribution in [0, 0.1) is 0 Å². The highest BCUT2D eigenvalue weighted by molar-refractivity contribution is 5.98. The summed E-state index contributed by atoms with van der Waals surface area (Å²) in [6, 6.07) is 12.0. The van der Waals surface area contributed by atoms with E-state index in [0.29, 0.717) is 47.2 Å². The van der Waals surface area contributed by atoms with E-state index in [1.54, 1.807) is 29.2 Å². The van der Waals surface area contributed by atoms with Crippen molar-refractivity contribution in [3.63, 3.8) is 0 Å². The van der Waals surface area contributed by atoms with Crippen molar-refractivity contribution in [3.8, 4) is 22.6 Å². The van der Waals surface area contributed by atoms with E-state index in [0.717, 1.165) is 0 Å². The number of alkyl halides is 3. The van der Waals surface area contributed by atoms with Crippen LogP contribution in [0.2, 0.25) is 0 Å². The van der Waals surface area contributed by atoms with Crippen molar-refractivity contribution in [1.82, 2.24) is 14.9 Å². The first kappa shape index (κ1) is 20.5. The Labute approximate surface area is 175 Å². The third kappa shape index (κ3) is 4.85. The van der Waals surface area contributed by atoms with Gasteiger partial charge in [-0.05, 0) is 41.5 Å². The zero-order valence-corrected chi connectivity index (χ0v) is 16.1. The van der Waals surface area contributed by atoms with Crippen LogP contribution in [0.4, 0.5) is 19.0 Å². The van der Waals surface area contributed by atoms with E-state index in [-0.39, 0.29) is 18.2 Å². The lowest BCUT2D eigenvalue weighted by atomic mass is 10.0. The summed E-state index contributed by atoms with van der Waals surface area (Å²) in [4.78, 5) is 23.0. The number of nitrogens with two attached hydrogens (primary N) is 1. The van der Waals surface area contributed by atoms with E-state index in [9.17, 15) is 18.0 Å². The quantitative estimate of drug-likeness (QED) is 0.680. The van der Waals surface area contributed by atoms with Crippen LogP contribution in [0.1, 0.15) is 16.2 Å². The summed E-state index contributed by atoms with van der Waals surface area (Å²) in [5.41, 5.74) is 7.30. The van der Waals surface area contributed by atoms with Crippen molar-refractivity contribution >= 4 is 11.7 Å². The van der Waals surface area contributed by atoms with Gasteiger partial charge in [0.1, 0.15) is 29.7 Å². The smallest absolute Gasteiger partial charge is 0.491 e. The third-order valence-electron chi connectivity index (χ3n) is 4.60. The first-order valence-corrected chi connectivity index (χ1v) is 9.28. The van der Waals surface area contributed by atoms with Crippen LogP contribution in [0.5, 0.6) is 11.5 Å². The summed E-state index contributed by atoms with van der Waals surface area (Å²) in [7, 11) is 0. The van der Waals surface area contributed by atoms with Gasteiger partial charge in [-0.1, -0.05) is 18.2 Å². The summed E-state index contributed by atoms with van der Waals surface area (Å²) >= 11 is 0. The van der Waals surface area contributed by atoms with Gasteiger partial charge in [0.25, 0.3) is 5.91 Å². The number of amides is 1. The Morgan fingerprint density at radius 3 is 2.55 bits per heavy atom. The second kappa shape index (κ2) is 8.13. The largest absolute Gasteiger partial charge is 0.573 e. The minimum Gasteiger partial charge on any atom is -0.491 e. The van der Waals surface area contributed by atoms with Gasteiger partial charge in [-0.3, -0.25) is 4.79 Å². The van der Waals surface area contributed by atoms with Crippen LogP contribution >= 0.6 is 0 Å². The lowest BCUT2D eigenvalue weighted by Crippen LogP contribution is -2.32. The van der Waals surface area contributed by atoms with Crippen molar-refractivity contribution in [3.05, 3.63) is 66.1 Å². The van der Waals surface area contributed by atoms with Gasteiger partial charge in [0.15, 0.2) is 0 Å². The maximum absolute atomic E-state index is 13.1. The topological polar surface area (TPSA) is 90.6 Å². The van der Waals surface area contributed by atoms with Gasteiger partial charge in [0, 0.05) is 6.20 Å². The number of hydrogen-bond acceptors (Lipinski definition) is 6. The molecule has 10 heteroatoms. The van der Waals surface area contributed by atoms with Gasteiger partial charge in [-0.2, -0.15) is 0 Å². The first-order valence-electron chi connectivity index (χ1n) is 9.28. The molecule has 3 aromatic rings. The van der Waals surface area contributed by atoms with E-state index in [1.165, 1.54) is 30.5 Å². The van der Waals surface area contributed by atoms with Crippen LogP contribution < -0.4 is 15.2 Å². The Morgan fingerprint density at radius 1 is 1.10 bits per heavy atom. The van der Waals surface area contributed by atoms with Crippen LogP contribution in [-0.2, 0) is 6.54 Å². The van der Waals surface area contributed by atoms with Gasteiger partial charge in [-0.15, -0.1) is 13.2 Å². The number of carbonyl (C=O) groups excluding carboxylic acids is 1. The summed E-state index contributed by atoms with van der Waals surface area (Å²) in [5, 5.41) is 0. The maximum atomic E-state index is 13.1. The highest BCUT2D eigenvalue weighted by Gasteiger charge is 2.31. The molecule has 2 aromatic carbocycles. The molecule has 0 fully saturated rings. The predicted octanol–water partition coefficient (Wildman–Crippen LogP) is 3.66. The number of aromatic nitrogens is 2. The average molecular weight is 430 g/mol. The van der Waals surface area contributed by atoms with E-state index in [4.69, 9.17) is 10.5 Å². The molecule has 0 unspecified atom stereocenters. The van der Waals surface area contributed by atoms with Crippen LogP contribution in [0.3, 0.4) is 0 Å². The van der Waals surface area contributed by atoms with Crippen LogP contribution in [0.15, 0.2) is 54.7 Å². The number of halogens is 3. The Hall–Kier alpha value is -3.82. The molecule has 1 aromatic heterocycles. The standard InChI is InChI=1S/C21H17F3N4O3/c22-21(23,24)31-15-4-1-13(2-5-15)14-3-6-17-16(11-14)20(29)28(9-10-30-17)12-19-26-8-7-18(25)27-19/h1-8,11H,9-10,12H2,(H2,25,26,27). The molecular formula is C21H17F3N4O3. The summed E-state index contributed by atoms with van der Waals surface area (Å²) in [6.07, 6.45) is -3.24. The molecule has 0 atom stereocenters. The number of nitrogen functional groups attached to an aromatic ring is 1. The molecule has 160 valence electrons. The molecule has 1 aliphatic rings. The number of fused-ring (bicyclic) bond motifs is 1. The summed E-state index contributed by atoms with van der Waals surface area (Å²) < 4.78 is 46.7. The number of ether oxygens (including phenoxy) is 2. The van der Waals surface area contributed by atoms with E-state index < -0.39 is 6.36 Å². The molecule has 0 aliphatic carbocycles. The maximum Gasteiger partial charge on any atom is 0.573 e. The van der Waals surface area contributed by atoms with Gasteiger partial charge in [-0.25, -0.2) is 9.97 Å². The molecule has 7 nitrogen and oxygen atoms in total. The fourth-order valence-corrected chi connectivity index (χ4v) is 3.20. The van der Waals surface area contributed by atoms with E-state index >= 15 is 0 Å². The lowest BCUT2D eigenvalue weighted by molar-refractivity contribution is -0.274. The molecule has 2 heterocycles. The molecule has 0 saturated carbocycles. The van der Waals surface area contributed by atoms with Crippen molar-refractivity contribution in [2.45, 2.75) is 12.9 Å². The molecule has 0 bridgehead atoms. The highest BCUT2D eigenvalue weighted by atomic mass is 19.4. The SMILES string of the molecule is Nc1ccnc(CN2CCOc3ccc(-c4ccc(OC(F)(F)F)cc4)cc3C2=O)n1. The van der Waals surface area contributed by atoms with Gasteiger partial charge in [0.2, 0.25) is 0 Å². The number of anilines is 1. The second-order valence-electron chi connectivity index (χ2n) is 6.76. The molecule has 1 amide bonds. The third-order valence-corrected chi connectivity index (χ3v) is 4.60. The first-order chi connectivity index (χ1) is 14.8. The predicted molar refractivity (Wildman–Crippen MR) is 105 cm³/mol. The Balaban J connectivity index is 1.59. The number of carbonyl (C=O) groups is 1. The zero-order chi connectivity index (χ0) is 22.0. The van der Waals surface area contributed by atoms with Crippen molar-refractivity contribution < 1.29 is 27.4 Å². The zero-order valence-electron chi connectivity index (χ0n) is 16.1. The molecule has 0 saturated heterocycles. The lowest BCUT2D eigenvalue weighted by Gasteiger charge is -2.19. The molecule has 31 heavy (non-hydrogen) atoms. The second-order valence-corrected chi connectivity index (χ2v) is 6.76. The van der Waals surface area contributed by atoms with Crippen molar-refractivity contribution in [2.75, 3.05) is 18.9 Å². The molecule has 0 radical (unpaired) electrons. The number of rotatable bonds is 4. The Morgan fingerprint density at radius 2 is 1.84 bits per heavy atom. The minimum absolute atomic E-state index is 0.167. The molecular weight excluding hydrogens is 413 g/mol. The van der Waals surface area contributed by atoms with Crippen molar-refractivity contribution in [2.24, 2.45) is 0 Å². The van der Waals surface area contributed by atoms with Crippen molar-refractivity contribution in [1.29, 1.82) is 0 Å². The molecule has 0 spiro atoms. The van der Waals surface area contributed by atoms with Crippen LogP contribution in [-0.4, -0.2) is 40.3 Å². The number of nitrogens with zero attached hydrogens (tertiary/aromatic N) is 3. The monoisotopic (exact) mass is 430 g/mol. The summed E-state index contributed by atoms with van der Waals surface area (Å²) in [5.74, 6) is 0.565. The molecule has 1 aliphatic heterocycles. The van der Waals surface area contributed by atoms with E-state index in [1.807, 2.05) is 0 Å². The summed E-state index contributed by atoms with van der Waals surface area (Å²) in [6.45, 7) is 0.800.